The zero-order valence-corrected chi connectivity index (χ0v) is 9.70. The standard InChI is InChI=1S/C12H13NO5/c1-2-7-17-11-5-3-4-6-12(11)18-9-10(14)8-13(15)16/h2-6H,1,7-9H2. The van der Waals surface area contributed by atoms with Gasteiger partial charge in [0, 0.05) is 4.92 Å². The minimum absolute atomic E-state index is 0.309. The molecule has 0 aliphatic rings. The van der Waals surface area contributed by atoms with Crippen LogP contribution in [0.3, 0.4) is 0 Å². The quantitative estimate of drug-likeness (QED) is 0.397. The average molecular weight is 251 g/mol. The molecule has 0 N–H and O–H groups in total. The molecule has 0 spiro atoms. The summed E-state index contributed by atoms with van der Waals surface area (Å²) >= 11 is 0. The predicted octanol–water partition coefficient (Wildman–Crippen LogP) is 1.48. The van der Waals surface area contributed by atoms with Gasteiger partial charge in [-0.2, -0.15) is 0 Å². The molecule has 1 aromatic carbocycles. The number of ketones is 1. The highest BCUT2D eigenvalue weighted by Gasteiger charge is 2.12. The van der Waals surface area contributed by atoms with Crippen molar-refractivity contribution in [3.05, 3.63) is 47.0 Å². The lowest BCUT2D eigenvalue weighted by atomic mass is 10.3. The van der Waals surface area contributed by atoms with Crippen molar-refractivity contribution in [2.24, 2.45) is 0 Å². The van der Waals surface area contributed by atoms with Crippen LogP contribution in [0.5, 0.6) is 11.5 Å². The van der Waals surface area contributed by atoms with E-state index in [4.69, 9.17) is 9.47 Å². The van der Waals surface area contributed by atoms with Crippen LogP contribution >= 0.6 is 0 Å². The lowest BCUT2D eigenvalue weighted by Crippen LogP contribution is -2.20. The second-order valence-electron chi connectivity index (χ2n) is 3.36. The van der Waals surface area contributed by atoms with Crippen molar-refractivity contribution in [1.82, 2.24) is 0 Å². The van der Waals surface area contributed by atoms with Crippen LogP contribution in [0, 0.1) is 10.1 Å². The number of nitrogens with zero attached hydrogens (tertiary/aromatic N) is 1. The van der Waals surface area contributed by atoms with Crippen LogP contribution in [0.15, 0.2) is 36.9 Å². The van der Waals surface area contributed by atoms with E-state index in [1.54, 1.807) is 30.3 Å². The van der Waals surface area contributed by atoms with E-state index in [-0.39, 0.29) is 6.61 Å². The highest BCUT2D eigenvalue weighted by atomic mass is 16.6. The number of para-hydroxylation sites is 2. The zero-order valence-electron chi connectivity index (χ0n) is 9.70. The number of hydrogen-bond donors (Lipinski definition) is 0. The molecule has 1 rings (SSSR count). The van der Waals surface area contributed by atoms with Crippen LogP contribution in [0.1, 0.15) is 0 Å². The van der Waals surface area contributed by atoms with Gasteiger partial charge >= 0.3 is 0 Å². The van der Waals surface area contributed by atoms with Crippen molar-refractivity contribution in [2.75, 3.05) is 19.8 Å². The van der Waals surface area contributed by atoms with Gasteiger partial charge in [-0.05, 0) is 12.1 Å². The molecule has 0 amide bonds. The monoisotopic (exact) mass is 251 g/mol. The lowest BCUT2D eigenvalue weighted by molar-refractivity contribution is -0.467. The Hall–Kier alpha value is -2.37. The summed E-state index contributed by atoms with van der Waals surface area (Å²) in [6.07, 6.45) is 1.58. The normalized spacial score (nSPS) is 9.56. The van der Waals surface area contributed by atoms with Crippen LogP contribution in [0.25, 0.3) is 0 Å². The summed E-state index contributed by atoms with van der Waals surface area (Å²) < 4.78 is 10.5. The van der Waals surface area contributed by atoms with Crippen molar-refractivity contribution in [3.8, 4) is 11.5 Å². The second-order valence-corrected chi connectivity index (χ2v) is 3.36. The number of nitro groups is 1. The topological polar surface area (TPSA) is 78.7 Å². The van der Waals surface area contributed by atoms with Crippen molar-refractivity contribution >= 4 is 5.78 Å². The molecule has 0 atom stereocenters. The van der Waals surface area contributed by atoms with E-state index >= 15 is 0 Å². The van der Waals surface area contributed by atoms with Crippen molar-refractivity contribution in [3.63, 3.8) is 0 Å². The van der Waals surface area contributed by atoms with Crippen LogP contribution in [-0.4, -0.2) is 30.5 Å². The first-order chi connectivity index (χ1) is 8.63. The molecule has 0 saturated carbocycles. The Labute approximate surface area is 104 Å². The van der Waals surface area contributed by atoms with E-state index < -0.39 is 17.3 Å². The smallest absolute Gasteiger partial charge is 0.264 e. The summed E-state index contributed by atoms with van der Waals surface area (Å²) in [6.45, 7) is 2.73. The summed E-state index contributed by atoms with van der Waals surface area (Å²) in [5, 5.41) is 10.1. The minimum atomic E-state index is -0.740. The highest BCUT2D eigenvalue weighted by molar-refractivity contribution is 5.81. The summed E-state index contributed by atoms with van der Waals surface area (Å²) in [7, 11) is 0. The molecule has 0 radical (unpaired) electrons. The Morgan fingerprint density at radius 3 is 2.50 bits per heavy atom. The van der Waals surface area contributed by atoms with Crippen LogP contribution in [0.4, 0.5) is 0 Å². The number of carbonyl (C=O) groups excluding carboxylic acids is 1. The molecule has 0 heterocycles. The Morgan fingerprint density at radius 1 is 1.33 bits per heavy atom. The number of Topliss-reactive ketones (excluding diaryl/α,β-unsaturated/α-hetero) is 1. The average Bonchev–Trinajstić information content (AvgIpc) is 2.34. The van der Waals surface area contributed by atoms with Gasteiger partial charge < -0.3 is 9.47 Å². The number of hydrogen-bond acceptors (Lipinski definition) is 5. The van der Waals surface area contributed by atoms with E-state index in [1.165, 1.54) is 0 Å². The highest BCUT2D eigenvalue weighted by Crippen LogP contribution is 2.26. The van der Waals surface area contributed by atoms with Gasteiger partial charge in [-0.1, -0.05) is 24.8 Å². The predicted molar refractivity (Wildman–Crippen MR) is 64.5 cm³/mol. The summed E-state index contributed by atoms with van der Waals surface area (Å²) in [6, 6.07) is 6.77. The van der Waals surface area contributed by atoms with Crippen LogP contribution in [-0.2, 0) is 4.79 Å². The van der Waals surface area contributed by atoms with Crippen molar-refractivity contribution < 1.29 is 19.2 Å². The molecular weight excluding hydrogens is 238 g/mol. The van der Waals surface area contributed by atoms with E-state index in [2.05, 4.69) is 6.58 Å². The third kappa shape index (κ3) is 4.65. The van der Waals surface area contributed by atoms with Gasteiger partial charge in [0.2, 0.25) is 5.78 Å². The summed E-state index contributed by atoms with van der Waals surface area (Å²) in [5.41, 5.74) is 0. The van der Waals surface area contributed by atoms with Crippen LogP contribution < -0.4 is 9.47 Å². The van der Waals surface area contributed by atoms with Gasteiger partial charge in [-0.25, -0.2) is 0 Å². The fraction of sp³-hybridized carbons (Fsp3) is 0.250. The van der Waals surface area contributed by atoms with Gasteiger partial charge in [0.25, 0.3) is 6.54 Å². The first kappa shape index (κ1) is 13.7. The van der Waals surface area contributed by atoms with Gasteiger partial charge in [0.1, 0.15) is 6.61 Å². The molecule has 1 aromatic rings. The minimum Gasteiger partial charge on any atom is -0.486 e. The molecule has 6 nitrogen and oxygen atoms in total. The third-order valence-corrected chi connectivity index (χ3v) is 1.90. The number of benzene rings is 1. The number of carbonyl (C=O) groups is 1. The first-order valence-electron chi connectivity index (χ1n) is 5.22. The van der Waals surface area contributed by atoms with E-state index in [1.807, 2.05) is 0 Å². The first-order valence-corrected chi connectivity index (χ1v) is 5.22. The molecule has 18 heavy (non-hydrogen) atoms. The Balaban J connectivity index is 2.58. The lowest BCUT2D eigenvalue weighted by Gasteiger charge is -2.10. The molecule has 96 valence electrons. The van der Waals surface area contributed by atoms with Gasteiger partial charge in [-0.3, -0.25) is 14.9 Å². The number of ether oxygens (including phenoxy) is 2. The Morgan fingerprint density at radius 2 is 1.94 bits per heavy atom. The Bertz CT molecular complexity index is 444. The number of rotatable bonds is 8. The zero-order chi connectivity index (χ0) is 13.4. The van der Waals surface area contributed by atoms with Crippen molar-refractivity contribution in [2.45, 2.75) is 0 Å². The molecule has 0 bridgehead atoms. The van der Waals surface area contributed by atoms with Gasteiger partial charge in [0.05, 0.1) is 0 Å². The summed E-state index contributed by atoms with van der Waals surface area (Å²) in [4.78, 5) is 20.6. The summed E-state index contributed by atoms with van der Waals surface area (Å²) in [5.74, 6) is 0.237. The fourth-order valence-corrected chi connectivity index (χ4v) is 1.19. The maximum Gasteiger partial charge on any atom is 0.264 e. The van der Waals surface area contributed by atoms with E-state index in [0.717, 1.165) is 0 Å². The van der Waals surface area contributed by atoms with Gasteiger partial charge in [0.15, 0.2) is 18.1 Å². The largest absolute Gasteiger partial charge is 0.486 e. The maximum atomic E-state index is 11.1. The molecule has 0 aliphatic heterocycles. The molecule has 0 aliphatic carbocycles. The van der Waals surface area contributed by atoms with E-state index in [9.17, 15) is 14.9 Å². The SMILES string of the molecule is C=CCOc1ccccc1OCC(=O)C[N+](=O)[O-]. The molecule has 6 heteroatoms. The van der Waals surface area contributed by atoms with E-state index in [0.29, 0.717) is 18.1 Å². The molecule has 0 saturated heterocycles. The maximum absolute atomic E-state index is 11.1. The Kier molecular flexibility index (Phi) is 5.37. The third-order valence-electron chi connectivity index (χ3n) is 1.90. The van der Waals surface area contributed by atoms with Crippen molar-refractivity contribution in [1.29, 1.82) is 0 Å². The second kappa shape index (κ2) is 7.05. The molecular formula is C12H13NO5. The van der Waals surface area contributed by atoms with Gasteiger partial charge in [-0.15, -0.1) is 0 Å². The fourth-order valence-electron chi connectivity index (χ4n) is 1.19. The molecule has 0 fully saturated rings. The molecule has 0 aromatic heterocycles. The molecule has 0 unspecified atom stereocenters. The van der Waals surface area contributed by atoms with Crippen LogP contribution in [0.2, 0.25) is 0 Å².